The lowest BCUT2D eigenvalue weighted by Gasteiger charge is -2.48. The molecule has 0 saturated carbocycles. The van der Waals surface area contributed by atoms with Crippen LogP contribution in [0, 0.1) is 0 Å². The lowest BCUT2D eigenvalue weighted by Crippen LogP contribution is -2.64. The fraction of sp³-hybridized carbons (Fsp3) is 0.579. The van der Waals surface area contributed by atoms with Gasteiger partial charge in [-0.1, -0.05) is 30.3 Å². The molecular weight excluding hydrogens is 334 g/mol. The third-order valence-corrected chi connectivity index (χ3v) is 4.82. The Labute approximate surface area is 153 Å². The van der Waals surface area contributed by atoms with E-state index in [4.69, 9.17) is 15.2 Å². The molecule has 2 aliphatic rings. The van der Waals surface area contributed by atoms with Crippen molar-refractivity contribution in [3.05, 3.63) is 35.9 Å². The molecule has 3 rings (SSSR count). The molecule has 142 valence electrons. The first-order valence-corrected chi connectivity index (χ1v) is 8.95. The second-order valence-corrected chi connectivity index (χ2v) is 7.79. The summed E-state index contributed by atoms with van der Waals surface area (Å²) in [6, 6.07) is 8.18. The van der Waals surface area contributed by atoms with Crippen LogP contribution in [0.1, 0.15) is 25.8 Å². The lowest BCUT2D eigenvalue weighted by atomic mass is 9.93. The molecule has 3 N–H and O–H groups in total. The van der Waals surface area contributed by atoms with Crippen molar-refractivity contribution in [2.45, 2.75) is 43.9 Å². The molecule has 3 amide bonds. The molecule has 7 heteroatoms. The summed E-state index contributed by atoms with van der Waals surface area (Å²) in [5, 5.41) is 2.61. The van der Waals surface area contributed by atoms with Crippen molar-refractivity contribution in [1.82, 2.24) is 10.2 Å². The van der Waals surface area contributed by atoms with E-state index in [1.807, 2.05) is 44.2 Å². The molecule has 1 aromatic rings. The molecule has 2 fully saturated rings. The maximum atomic E-state index is 13.2. The van der Waals surface area contributed by atoms with E-state index in [9.17, 15) is 9.59 Å². The van der Waals surface area contributed by atoms with Crippen LogP contribution >= 0.6 is 0 Å². The Bertz CT molecular complexity index is 656. The summed E-state index contributed by atoms with van der Waals surface area (Å²) in [6.07, 6.45) is 1.15. The van der Waals surface area contributed by atoms with E-state index >= 15 is 0 Å². The van der Waals surface area contributed by atoms with Crippen LogP contribution < -0.4 is 11.1 Å². The average molecular weight is 361 g/mol. The quantitative estimate of drug-likeness (QED) is 0.839. The zero-order chi connectivity index (χ0) is 18.8. The van der Waals surface area contributed by atoms with Crippen molar-refractivity contribution in [3.8, 4) is 0 Å². The SMILES string of the molecule is CC1(C)CN(C(=O)C(Cc2ccccc2)NC(N)=O)CC2(CCOC2)O1. The molecule has 7 nitrogen and oxygen atoms in total. The molecule has 2 aliphatic heterocycles. The number of amides is 3. The number of morpholine rings is 1. The first kappa shape index (κ1) is 18.7. The predicted molar refractivity (Wildman–Crippen MR) is 96.6 cm³/mol. The van der Waals surface area contributed by atoms with E-state index < -0.39 is 23.3 Å². The van der Waals surface area contributed by atoms with Gasteiger partial charge in [0.15, 0.2) is 0 Å². The van der Waals surface area contributed by atoms with E-state index in [0.29, 0.717) is 32.7 Å². The molecule has 26 heavy (non-hydrogen) atoms. The monoisotopic (exact) mass is 361 g/mol. The third kappa shape index (κ3) is 4.34. The van der Waals surface area contributed by atoms with Crippen LogP contribution in [-0.2, 0) is 20.7 Å². The van der Waals surface area contributed by atoms with Gasteiger partial charge in [0, 0.05) is 26.0 Å². The number of hydrogen-bond donors (Lipinski definition) is 2. The van der Waals surface area contributed by atoms with Gasteiger partial charge < -0.3 is 25.4 Å². The van der Waals surface area contributed by atoms with Crippen LogP contribution in [-0.4, -0.2) is 60.4 Å². The van der Waals surface area contributed by atoms with Gasteiger partial charge in [-0.15, -0.1) is 0 Å². The summed E-state index contributed by atoms with van der Waals surface area (Å²) in [4.78, 5) is 26.5. The van der Waals surface area contributed by atoms with Gasteiger partial charge in [-0.3, -0.25) is 4.79 Å². The third-order valence-electron chi connectivity index (χ3n) is 4.82. The Morgan fingerprint density at radius 2 is 2.00 bits per heavy atom. The number of carbonyl (C=O) groups excluding carboxylic acids is 2. The summed E-state index contributed by atoms with van der Waals surface area (Å²) < 4.78 is 11.8. The zero-order valence-electron chi connectivity index (χ0n) is 15.4. The highest BCUT2D eigenvalue weighted by Crippen LogP contribution is 2.34. The lowest BCUT2D eigenvalue weighted by molar-refractivity contribution is -0.200. The average Bonchev–Trinajstić information content (AvgIpc) is 2.99. The van der Waals surface area contributed by atoms with Crippen LogP contribution in [0.15, 0.2) is 30.3 Å². The number of nitrogens with two attached hydrogens (primary N) is 1. The summed E-state index contributed by atoms with van der Waals surface area (Å²) >= 11 is 0. The van der Waals surface area contributed by atoms with Gasteiger partial charge in [-0.25, -0.2) is 4.79 Å². The van der Waals surface area contributed by atoms with E-state index in [-0.39, 0.29) is 5.91 Å². The maximum Gasteiger partial charge on any atom is 0.312 e. The first-order valence-electron chi connectivity index (χ1n) is 8.95. The van der Waals surface area contributed by atoms with Gasteiger partial charge >= 0.3 is 6.03 Å². The summed E-state index contributed by atoms with van der Waals surface area (Å²) in [5.74, 6) is -0.143. The highest BCUT2D eigenvalue weighted by molar-refractivity contribution is 5.87. The first-order chi connectivity index (χ1) is 12.3. The van der Waals surface area contributed by atoms with Crippen LogP contribution in [0.4, 0.5) is 4.79 Å². The molecule has 0 bridgehead atoms. The van der Waals surface area contributed by atoms with E-state index in [1.165, 1.54) is 0 Å². The van der Waals surface area contributed by atoms with Gasteiger partial charge in [-0.05, 0) is 19.4 Å². The number of urea groups is 1. The molecule has 0 aliphatic carbocycles. The number of ether oxygens (including phenoxy) is 2. The molecule has 2 atom stereocenters. The molecule has 0 radical (unpaired) electrons. The summed E-state index contributed by atoms with van der Waals surface area (Å²) in [6.45, 7) is 5.97. The molecular formula is C19H27N3O4. The molecule has 2 unspecified atom stereocenters. The summed E-state index contributed by atoms with van der Waals surface area (Å²) in [7, 11) is 0. The number of nitrogens with zero attached hydrogens (tertiary/aromatic N) is 1. The molecule has 2 heterocycles. The largest absolute Gasteiger partial charge is 0.378 e. The van der Waals surface area contributed by atoms with Crippen LogP contribution in [0.25, 0.3) is 0 Å². The number of benzene rings is 1. The fourth-order valence-corrected chi connectivity index (χ4v) is 3.91. The van der Waals surface area contributed by atoms with E-state index in [2.05, 4.69) is 5.32 Å². The second kappa shape index (κ2) is 7.25. The Kier molecular flexibility index (Phi) is 5.20. The molecule has 2 saturated heterocycles. The molecule has 0 aromatic heterocycles. The second-order valence-electron chi connectivity index (χ2n) is 7.79. The van der Waals surface area contributed by atoms with Crippen molar-refractivity contribution in [3.63, 3.8) is 0 Å². The van der Waals surface area contributed by atoms with Crippen LogP contribution in [0.5, 0.6) is 0 Å². The van der Waals surface area contributed by atoms with Crippen molar-refractivity contribution in [2.24, 2.45) is 5.73 Å². The van der Waals surface area contributed by atoms with Crippen LogP contribution in [0.2, 0.25) is 0 Å². The Morgan fingerprint density at radius 1 is 1.27 bits per heavy atom. The topological polar surface area (TPSA) is 93.9 Å². The Morgan fingerprint density at radius 3 is 2.62 bits per heavy atom. The molecule has 1 spiro atoms. The van der Waals surface area contributed by atoms with Crippen molar-refractivity contribution in [1.29, 1.82) is 0 Å². The zero-order valence-corrected chi connectivity index (χ0v) is 15.4. The van der Waals surface area contributed by atoms with Gasteiger partial charge in [0.2, 0.25) is 5.91 Å². The number of carbonyl (C=O) groups is 2. The highest BCUT2D eigenvalue weighted by Gasteiger charge is 2.48. The minimum absolute atomic E-state index is 0.143. The number of hydrogen-bond acceptors (Lipinski definition) is 4. The number of nitrogens with one attached hydrogen (secondary N) is 1. The van der Waals surface area contributed by atoms with E-state index in [0.717, 1.165) is 12.0 Å². The van der Waals surface area contributed by atoms with Crippen molar-refractivity contribution >= 4 is 11.9 Å². The maximum absolute atomic E-state index is 13.2. The Balaban J connectivity index is 1.79. The van der Waals surface area contributed by atoms with Gasteiger partial charge in [0.25, 0.3) is 0 Å². The van der Waals surface area contributed by atoms with Gasteiger partial charge in [0.1, 0.15) is 11.6 Å². The minimum Gasteiger partial charge on any atom is -0.378 e. The number of primary amides is 1. The summed E-state index contributed by atoms with van der Waals surface area (Å²) in [5.41, 5.74) is 5.33. The Hall–Kier alpha value is -2.12. The number of rotatable bonds is 4. The van der Waals surface area contributed by atoms with Crippen LogP contribution in [0.3, 0.4) is 0 Å². The van der Waals surface area contributed by atoms with E-state index in [1.54, 1.807) is 4.90 Å². The standard InChI is InChI=1S/C19H27N3O4/c1-18(2)11-22(12-19(26-18)8-9-25-13-19)16(23)15(21-17(20)24)10-14-6-4-3-5-7-14/h3-7,15H,8-13H2,1-2H3,(H3,20,21,24). The minimum atomic E-state index is -0.705. The van der Waals surface area contributed by atoms with Crippen molar-refractivity contribution in [2.75, 3.05) is 26.3 Å². The highest BCUT2D eigenvalue weighted by atomic mass is 16.6. The van der Waals surface area contributed by atoms with Gasteiger partial charge in [0.05, 0.1) is 18.8 Å². The fourth-order valence-electron chi connectivity index (χ4n) is 3.91. The normalized spacial score (nSPS) is 25.8. The molecule has 1 aromatic carbocycles. The smallest absolute Gasteiger partial charge is 0.312 e. The van der Waals surface area contributed by atoms with Gasteiger partial charge in [-0.2, -0.15) is 0 Å². The predicted octanol–water partition coefficient (Wildman–Crippen LogP) is 1.06. The van der Waals surface area contributed by atoms with Crippen molar-refractivity contribution < 1.29 is 19.1 Å².